The van der Waals surface area contributed by atoms with Gasteiger partial charge in [-0.1, -0.05) is 25.0 Å². The lowest BCUT2D eigenvalue weighted by atomic mass is 10.1. The Hall–Kier alpha value is -2.95. The molecular weight excluding hydrogens is 343 g/mol. The quantitative estimate of drug-likeness (QED) is 0.522. The lowest BCUT2D eigenvalue weighted by Gasteiger charge is -2.11. The zero-order valence-corrected chi connectivity index (χ0v) is 15.2. The van der Waals surface area contributed by atoms with Crippen LogP contribution in [-0.2, 0) is 6.42 Å². The second-order valence-corrected chi connectivity index (χ2v) is 6.35. The van der Waals surface area contributed by atoms with Crippen LogP contribution >= 0.6 is 0 Å². The lowest BCUT2D eigenvalue weighted by Crippen LogP contribution is -2.21. The van der Waals surface area contributed by atoms with Gasteiger partial charge in [0.05, 0.1) is 6.61 Å². The van der Waals surface area contributed by atoms with Gasteiger partial charge < -0.3 is 4.74 Å². The van der Waals surface area contributed by atoms with E-state index in [9.17, 15) is 9.18 Å². The van der Waals surface area contributed by atoms with E-state index in [4.69, 9.17) is 4.74 Å². The molecule has 0 aliphatic heterocycles. The maximum atomic E-state index is 12.8. The maximum Gasteiger partial charge on any atom is 0.256 e. The van der Waals surface area contributed by atoms with Gasteiger partial charge in [0.25, 0.3) is 5.56 Å². The van der Waals surface area contributed by atoms with Crippen molar-refractivity contribution in [2.24, 2.45) is 0 Å². The summed E-state index contributed by atoms with van der Waals surface area (Å²) >= 11 is 0. The van der Waals surface area contributed by atoms with E-state index in [2.05, 4.69) is 4.98 Å². The summed E-state index contributed by atoms with van der Waals surface area (Å²) in [5, 5.41) is 0. The van der Waals surface area contributed by atoms with Gasteiger partial charge in [-0.05, 0) is 61.7 Å². The highest BCUT2D eigenvalue weighted by Gasteiger charge is 2.06. The average Bonchev–Trinajstić information content (AvgIpc) is 2.69. The molecule has 0 saturated carbocycles. The average molecular weight is 366 g/mol. The standard InChI is InChI=1S/C22H23FN2O2/c23-18-12-14-20(15-13-18)27-17-6-2-1-3-8-19-9-7-11-22(26)25(19)21-10-4-5-16-24-21/h4-5,7,9-16H,1-3,6,8,17H2. The van der Waals surface area contributed by atoms with Crippen LogP contribution in [-0.4, -0.2) is 16.2 Å². The summed E-state index contributed by atoms with van der Waals surface area (Å²) in [5.41, 5.74) is 0.919. The second kappa shape index (κ2) is 9.67. The van der Waals surface area contributed by atoms with Crippen molar-refractivity contribution in [1.82, 2.24) is 9.55 Å². The van der Waals surface area contributed by atoms with Crippen LogP contribution in [0.3, 0.4) is 0 Å². The summed E-state index contributed by atoms with van der Waals surface area (Å²) in [7, 11) is 0. The molecule has 2 aromatic heterocycles. The Kier molecular flexibility index (Phi) is 6.74. The van der Waals surface area contributed by atoms with Crippen molar-refractivity contribution in [3.05, 3.63) is 88.7 Å². The van der Waals surface area contributed by atoms with Crippen molar-refractivity contribution < 1.29 is 9.13 Å². The summed E-state index contributed by atoms with van der Waals surface area (Å²) in [6.45, 7) is 0.621. The van der Waals surface area contributed by atoms with Gasteiger partial charge in [-0.2, -0.15) is 0 Å². The van der Waals surface area contributed by atoms with Crippen molar-refractivity contribution in [2.45, 2.75) is 32.1 Å². The predicted octanol–water partition coefficient (Wildman–Crippen LogP) is 4.55. The van der Waals surface area contributed by atoms with E-state index in [1.54, 1.807) is 35.0 Å². The van der Waals surface area contributed by atoms with Crippen molar-refractivity contribution in [2.75, 3.05) is 6.61 Å². The van der Waals surface area contributed by atoms with E-state index in [0.29, 0.717) is 18.2 Å². The number of unbranched alkanes of at least 4 members (excludes halogenated alkanes) is 3. The summed E-state index contributed by atoms with van der Waals surface area (Å²) in [5.74, 6) is 1.10. The molecule has 1 aromatic carbocycles. The molecule has 2 heterocycles. The predicted molar refractivity (Wildman–Crippen MR) is 104 cm³/mol. The SMILES string of the molecule is O=c1cccc(CCCCCCOc2ccc(F)cc2)n1-c1ccccn1. The van der Waals surface area contributed by atoms with Gasteiger partial charge in [-0.25, -0.2) is 9.37 Å². The summed E-state index contributed by atoms with van der Waals surface area (Å²) in [6, 6.07) is 17.0. The van der Waals surface area contributed by atoms with Gasteiger partial charge >= 0.3 is 0 Å². The van der Waals surface area contributed by atoms with Crippen LogP contribution in [0, 0.1) is 5.82 Å². The van der Waals surface area contributed by atoms with Crippen LogP contribution in [0.4, 0.5) is 4.39 Å². The molecule has 27 heavy (non-hydrogen) atoms. The molecule has 0 aliphatic rings. The maximum absolute atomic E-state index is 12.8. The van der Waals surface area contributed by atoms with E-state index in [-0.39, 0.29) is 11.4 Å². The van der Waals surface area contributed by atoms with Crippen LogP contribution in [0.2, 0.25) is 0 Å². The van der Waals surface area contributed by atoms with E-state index in [1.165, 1.54) is 12.1 Å². The van der Waals surface area contributed by atoms with Crippen molar-refractivity contribution in [3.63, 3.8) is 0 Å². The Balaban J connectivity index is 1.44. The van der Waals surface area contributed by atoms with Gasteiger partial charge in [0.1, 0.15) is 17.4 Å². The normalized spacial score (nSPS) is 10.7. The molecule has 4 nitrogen and oxygen atoms in total. The zero-order valence-electron chi connectivity index (χ0n) is 15.2. The number of hydrogen-bond donors (Lipinski definition) is 0. The molecule has 0 aliphatic carbocycles. The molecule has 0 N–H and O–H groups in total. The minimum atomic E-state index is -0.257. The number of pyridine rings is 2. The molecule has 0 spiro atoms. The first-order valence-electron chi connectivity index (χ1n) is 9.25. The molecule has 0 amide bonds. The van der Waals surface area contributed by atoms with Gasteiger partial charge in [-0.15, -0.1) is 0 Å². The number of aromatic nitrogens is 2. The highest BCUT2D eigenvalue weighted by Crippen LogP contribution is 2.13. The number of halogens is 1. The molecule has 0 fully saturated rings. The lowest BCUT2D eigenvalue weighted by molar-refractivity contribution is 0.304. The Morgan fingerprint density at radius 2 is 1.70 bits per heavy atom. The fraction of sp³-hybridized carbons (Fsp3) is 0.273. The third-order valence-corrected chi connectivity index (χ3v) is 4.32. The summed E-state index contributed by atoms with van der Waals surface area (Å²) in [4.78, 5) is 16.5. The fourth-order valence-corrected chi connectivity index (χ4v) is 2.96. The number of hydrogen-bond acceptors (Lipinski definition) is 3. The Bertz CT molecular complexity index is 892. The first-order chi connectivity index (χ1) is 13.2. The summed E-state index contributed by atoms with van der Waals surface area (Å²) < 4.78 is 20.1. The number of aryl methyl sites for hydroxylation is 1. The topological polar surface area (TPSA) is 44.1 Å². The van der Waals surface area contributed by atoms with E-state index < -0.39 is 0 Å². The van der Waals surface area contributed by atoms with Crippen molar-refractivity contribution in [1.29, 1.82) is 0 Å². The van der Waals surface area contributed by atoms with E-state index in [0.717, 1.165) is 37.8 Å². The third kappa shape index (κ3) is 5.51. The third-order valence-electron chi connectivity index (χ3n) is 4.32. The van der Waals surface area contributed by atoms with Gasteiger partial charge in [0, 0.05) is 18.0 Å². The minimum absolute atomic E-state index is 0.0566. The van der Waals surface area contributed by atoms with Crippen LogP contribution in [0.25, 0.3) is 5.82 Å². The number of rotatable bonds is 9. The van der Waals surface area contributed by atoms with E-state index >= 15 is 0 Å². The molecule has 3 aromatic rings. The van der Waals surface area contributed by atoms with Crippen molar-refractivity contribution in [3.8, 4) is 11.6 Å². The zero-order chi connectivity index (χ0) is 18.9. The van der Waals surface area contributed by atoms with Gasteiger partial charge in [0.2, 0.25) is 0 Å². The summed E-state index contributed by atoms with van der Waals surface area (Å²) in [6.07, 6.45) is 6.55. The Labute approximate surface area is 158 Å². The second-order valence-electron chi connectivity index (χ2n) is 6.35. The number of benzene rings is 1. The van der Waals surface area contributed by atoms with Crippen LogP contribution in [0.1, 0.15) is 31.4 Å². The molecule has 0 unspecified atom stereocenters. The molecule has 0 bridgehead atoms. The number of nitrogens with zero attached hydrogens (tertiary/aromatic N) is 2. The molecular formula is C22H23FN2O2. The minimum Gasteiger partial charge on any atom is -0.494 e. The smallest absolute Gasteiger partial charge is 0.256 e. The van der Waals surface area contributed by atoms with Gasteiger partial charge in [-0.3, -0.25) is 9.36 Å². The molecule has 5 heteroatoms. The fourth-order valence-electron chi connectivity index (χ4n) is 2.96. The molecule has 0 radical (unpaired) electrons. The van der Waals surface area contributed by atoms with E-state index in [1.807, 2.05) is 24.3 Å². The van der Waals surface area contributed by atoms with Crippen LogP contribution < -0.4 is 10.3 Å². The Morgan fingerprint density at radius 3 is 2.48 bits per heavy atom. The van der Waals surface area contributed by atoms with Crippen LogP contribution in [0.5, 0.6) is 5.75 Å². The largest absolute Gasteiger partial charge is 0.494 e. The molecule has 0 saturated heterocycles. The molecule has 3 rings (SSSR count). The molecule has 0 atom stereocenters. The highest BCUT2D eigenvalue weighted by atomic mass is 19.1. The monoisotopic (exact) mass is 366 g/mol. The first kappa shape index (κ1) is 18.8. The highest BCUT2D eigenvalue weighted by molar-refractivity contribution is 5.26. The van der Waals surface area contributed by atoms with Crippen LogP contribution in [0.15, 0.2) is 71.7 Å². The molecule has 140 valence electrons. The van der Waals surface area contributed by atoms with Gasteiger partial charge in [0.15, 0.2) is 0 Å². The first-order valence-corrected chi connectivity index (χ1v) is 9.25. The Morgan fingerprint density at radius 1 is 0.889 bits per heavy atom. The number of ether oxygens (including phenoxy) is 1. The van der Waals surface area contributed by atoms with Crippen molar-refractivity contribution >= 4 is 0 Å².